The van der Waals surface area contributed by atoms with Crippen LogP contribution in [0.15, 0.2) is 48.5 Å². The number of aromatic nitrogens is 1. The highest BCUT2D eigenvalue weighted by Crippen LogP contribution is 2.41. The van der Waals surface area contributed by atoms with Crippen molar-refractivity contribution in [3.8, 4) is 28.3 Å². The number of nitrogens with zero attached hydrogens (tertiary/aromatic N) is 3. The molecule has 232 valence electrons. The van der Waals surface area contributed by atoms with E-state index >= 15 is 0 Å². The van der Waals surface area contributed by atoms with E-state index < -0.39 is 41.9 Å². The summed E-state index contributed by atoms with van der Waals surface area (Å²) in [4.78, 5) is 56.0. The topological polar surface area (TPSA) is 161 Å². The number of rotatable bonds is 10. The minimum atomic E-state index is -1.55. The number of nitrogens with one attached hydrogen (secondary N) is 2. The average molecular weight is 645 g/mol. The number of benzene rings is 2. The van der Waals surface area contributed by atoms with Crippen molar-refractivity contribution in [1.29, 1.82) is 0 Å². The van der Waals surface area contributed by atoms with Crippen molar-refractivity contribution < 1.29 is 34.1 Å². The van der Waals surface area contributed by atoms with Crippen molar-refractivity contribution in [2.24, 2.45) is 5.92 Å². The number of pyridine rings is 1. The molecule has 1 aliphatic heterocycles. The highest BCUT2D eigenvalue weighted by Gasteiger charge is 2.39. The molecule has 44 heavy (non-hydrogen) atoms. The van der Waals surface area contributed by atoms with E-state index in [-0.39, 0.29) is 29.7 Å². The number of hydrogen-bond donors (Lipinski definition) is 4. The Hall–Kier alpha value is -4.23. The number of carboxylic acids is 1. The molecule has 1 aromatic heterocycles. The van der Waals surface area contributed by atoms with Crippen LogP contribution in [0.25, 0.3) is 22.4 Å². The second kappa shape index (κ2) is 13.2. The first-order valence-corrected chi connectivity index (χ1v) is 14.1. The standard InChI is InChI=1S/C30H31Cl2N5O7/c1-30(15-38,28(41)42)33-13-16-11-12-21(35-26(16)44-4)19-9-5-7-17(23(19)31)18-8-6-10-22(24(18)32)34-25(39)20-14-36(2)29(43)37(3)27(20)40/h5-12,20,33,38H,13-15H2,1-4H3,(H,34,39)(H,41,42)/t20?,30-/m0/s1. The van der Waals surface area contributed by atoms with Gasteiger partial charge < -0.3 is 25.2 Å². The van der Waals surface area contributed by atoms with Crippen molar-refractivity contribution in [3.63, 3.8) is 0 Å². The summed E-state index contributed by atoms with van der Waals surface area (Å²) in [6, 6.07) is 13.2. The molecule has 0 spiro atoms. The number of aliphatic carboxylic acids is 1. The smallest absolute Gasteiger partial charge is 0.326 e. The summed E-state index contributed by atoms with van der Waals surface area (Å²) >= 11 is 13.6. The molecule has 0 saturated carbocycles. The molecule has 1 saturated heterocycles. The normalized spacial score (nSPS) is 16.5. The van der Waals surface area contributed by atoms with Crippen LogP contribution in [0, 0.1) is 5.92 Å². The Bertz CT molecular complexity index is 1640. The van der Waals surface area contributed by atoms with E-state index in [1.165, 1.54) is 33.0 Å². The van der Waals surface area contributed by atoms with Crippen molar-refractivity contribution in [3.05, 3.63) is 64.1 Å². The third kappa shape index (κ3) is 6.34. The fraction of sp³-hybridized carbons (Fsp3) is 0.300. The molecule has 3 aromatic rings. The van der Waals surface area contributed by atoms with Crippen LogP contribution in [0.4, 0.5) is 10.5 Å². The van der Waals surface area contributed by atoms with Crippen molar-refractivity contribution >= 4 is 52.7 Å². The number of hydrogen-bond acceptors (Lipinski definition) is 8. The molecule has 1 unspecified atom stereocenters. The third-order valence-electron chi connectivity index (χ3n) is 7.43. The molecule has 4 N–H and O–H groups in total. The van der Waals surface area contributed by atoms with Crippen LogP contribution in [0.3, 0.4) is 0 Å². The van der Waals surface area contributed by atoms with Crippen LogP contribution in [0.2, 0.25) is 10.0 Å². The van der Waals surface area contributed by atoms with Gasteiger partial charge in [-0.25, -0.2) is 9.78 Å². The molecule has 0 aliphatic carbocycles. The lowest BCUT2D eigenvalue weighted by atomic mass is 9.99. The number of anilines is 1. The Labute approximate surface area is 263 Å². The molecule has 4 rings (SSSR count). The van der Waals surface area contributed by atoms with E-state index in [0.717, 1.165) is 4.90 Å². The number of carboxylic acid groups (broad SMARTS) is 1. The number of methoxy groups -OCH3 is 1. The van der Waals surface area contributed by atoms with E-state index in [2.05, 4.69) is 15.6 Å². The lowest BCUT2D eigenvalue weighted by Crippen LogP contribution is -2.56. The second-order valence-electron chi connectivity index (χ2n) is 10.5. The minimum Gasteiger partial charge on any atom is -0.481 e. The Kier molecular flexibility index (Phi) is 9.79. The van der Waals surface area contributed by atoms with Crippen molar-refractivity contribution in [2.75, 3.05) is 39.7 Å². The maximum absolute atomic E-state index is 13.1. The van der Waals surface area contributed by atoms with E-state index in [4.69, 9.17) is 27.9 Å². The molecule has 1 fully saturated rings. The molecule has 0 radical (unpaired) electrons. The highest BCUT2D eigenvalue weighted by molar-refractivity contribution is 6.39. The Balaban J connectivity index is 1.62. The number of ether oxygens (including phenoxy) is 1. The first kappa shape index (κ1) is 32.7. The van der Waals surface area contributed by atoms with Gasteiger partial charge in [-0.2, -0.15) is 0 Å². The van der Waals surface area contributed by atoms with Crippen LogP contribution in [-0.2, 0) is 20.9 Å². The molecule has 1 aliphatic rings. The zero-order valence-corrected chi connectivity index (χ0v) is 25.9. The predicted octanol–water partition coefficient (Wildman–Crippen LogP) is 3.73. The lowest BCUT2D eigenvalue weighted by Gasteiger charge is -2.33. The number of aliphatic hydroxyl groups is 1. The van der Waals surface area contributed by atoms with E-state index in [0.29, 0.717) is 33.0 Å². The summed E-state index contributed by atoms with van der Waals surface area (Å²) < 4.78 is 5.46. The van der Waals surface area contributed by atoms with Gasteiger partial charge in [0.1, 0.15) is 11.5 Å². The number of imide groups is 1. The lowest BCUT2D eigenvalue weighted by molar-refractivity contribution is -0.146. The summed E-state index contributed by atoms with van der Waals surface area (Å²) in [6.07, 6.45) is 0. The van der Waals surface area contributed by atoms with Gasteiger partial charge in [0.2, 0.25) is 17.7 Å². The summed E-state index contributed by atoms with van der Waals surface area (Å²) in [5, 5.41) is 25.0. The second-order valence-corrected chi connectivity index (χ2v) is 11.2. The molecule has 14 heteroatoms. The number of amides is 4. The van der Waals surface area contributed by atoms with Gasteiger partial charge >= 0.3 is 12.0 Å². The fourth-order valence-corrected chi connectivity index (χ4v) is 5.22. The van der Waals surface area contributed by atoms with Crippen LogP contribution in [-0.4, -0.2) is 88.7 Å². The zero-order chi connectivity index (χ0) is 32.3. The van der Waals surface area contributed by atoms with Crippen molar-refractivity contribution in [1.82, 2.24) is 20.1 Å². The first-order chi connectivity index (χ1) is 20.8. The molecular formula is C30H31Cl2N5O7. The van der Waals surface area contributed by atoms with Gasteiger partial charge in [-0.3, -0.25) is 24.6 Å². The van der Waals surface area contributed by atoms with Gasteiger partial charge in [0, 0.05) is 49.4 Å². The van der Waals surface area contributed by atoms with Crippen molar-refractivity contribution in [2.45, 2.75) is 19.0 Å². The molecule has 2 atom stereocenters. The largest absolute Gasteiger partial charge is 0.481 e. The monoisotopic (exact) mass is 643 g/mol. The summed E-state index contributed by atoms with van der Waals surface area (Å²) in [5.41, 5.74) is 1.37. The van der Waals surface area contributed by atoms with Gasteiger partial charge in [0.25, 0.3) is 0 Å². The van der Waals surface area contributed by atoms with Gasteiger partial charge in [-0.05, 0) is 19.1 Å². The highest BCUT2D eigenvalue weighted by atomic mass is 35.5. The Morgan fingerprint density at radius 2 is 1.68 bits per heavy atom. The van der Waals surface area contributed by atoms with Gasteiger partial charge in [0.15, 0.2) is 0 Å². The predicted molar refractivity (Wildman–Crippen MR) is 165 cm³/mol. The number of carbonyl (C=O) groups is 4. The molecule has 2 heterocycles. The van der Waals surface area contributed by atoms with Crippen LogP contribution >= 0.6 is 23.2 Å². The molecule has 0 bridgehead atoms. The van der Waals surface area contributed by atoms with Crippen LogP contribution in [0.1, 0.15) is 12.5 Å². The Morgan fingerprint density at radius 3 is 2.32 bits per heavy atom. The summed E-state index contributed by atoms with van der Waals surface area (Å²) in [5.74, 6) is -3.28. The number of urea groups is 1. The van der Waals surface area contributed by atoms with Gasteiger partial charge in [-0.15, -0.1) is 0 Å². The van der Waals surface area contributed by atoms with Crippen LogP contribution in [0.5, 0.6) is 5.88 Å². The SMILES string of the molecule is COc1nc(-c2cccc(-c3cccc(NC(=O)C4CN(C)C(=O)N(C)C4=O)c3Cl)c2Cl)ccc1CN[C@@](C)(CO)C(=O)O. The zero-order valence-electron chi connectivity index (χ0n) is 24.4. The summed E-state index contributed by atoms with van der Waals surface area (Å²) in [6.45, 7) is 0.761. The van der Waals surface area contributed by atoms with Crippen LogP contribution < -0.4 is 15.4 Å². The minimum absolute atomic E-state index is 0.0648. The van der Waals surface area contributed by atoms with E-state index in [9.17, 15) is 29.4 Å². The molecule has 4 amide bonds. The molecule has 12 nitrogen and oxygen atoms in total. The summed E-state index contributed by atoms with van der Waals surface area (Å²) in [7, 11) is 4.27. The van der Waals surface area contributed by atoms with E-state index in [1.54, 1.807) is 48.5 Å². The quantitative estimate of drug-likeness (QED) is 0.241. The number of aliphatic hydroxyl groups excluding tert-OH is 1. The maximum Gasteiger partial charge on any atom is 0.326 e. The van der Waals surface area contributed by atoms with Gasteiger partial charge in [-0.1, -0.05) is 59.6 Å². The number of carbonyl (C=O) groups excluding carboxylic acids is 3. The number of halogens is 2. The first-order valence-electron chi connectivity index (χ1n) is 13.4. The fourth-order valence-electron chi connectivity index (χ4n) is 4.62. The maximum atomic E-state index is 13.1. The molecule has 2 aromatic carbocycles. The van der Waals surface area contributed by atoms with E-state index in [1.807, 2.05) is 0 Å². The average Bonchev–Trinajstić information content (AvgIpc) is 3.01. The van der Waals surface area contributed by atoms with Gasteiger partial charge in [0.05, 0.1) is 35.1 Å². The Morgan fingerprint density at radius 1 is 1.05 bits per heavy atom. The molecular weight excluding hydrogens is 613 g/mol. The third-order valence-corrected chi connectivity index (χ3v) is 8.24.